The van der Waals surface area contributed by atoms with Gasteiger partial charge in [0.2, 0.25) is 5.91 Å². The second kappa shape index (κ2) is 4.89. The molecule has 0 fully saturated rings. The van der Waals surface area contributed by atoms with E-state index >= 15 is 0 Å². The van der Waals surface area contributed by atoms with Crippen molar-refractivity contribution in [2.45, 2.75) is 12.2 Å². The first kappa shape index (κ1) is 14.4. The number of carbonyl (C=O) groups excluding carboxylic acids is 1. The maximum atomic E-state index is 13.3. The van der Waals surface area contributed by atoms with Crippen molar-refractivity contribution in [1.29, 1.82) is 0 Å². The molecule has 0 bridgehead atoms. The number of amides is 1. The summed E-state index contributed by atoms with van der Waals surface area (Å²) in [5, 5.41) is 0.701. The van der Waals surface area contributed by atoms with Crippen LogP contribution in [0.1, 0.15) is 6.92 Å². The molecule has 0 saturated carbocycles. The van der Waals surface area contributed by atoms with Crippen molar-refractivity contribution in [2.75, 3.05) is 17.3 Å². The first-order valence-electron chi connectivity index (χ1n) is 4.87. The molecule has 0 aliphatic carbocycles. The fraction of sp³-hybridized carbons (Fsp3) is 0.300. The molecule has 1 amide bonds. The van der Waals surface area contributed by atoms with E-state index in [1.165, 1.54) is 0 Å². The van der Waals surface area contributed by atoms with Gasteiger partial charge < -0.3 is 11.1 Å². The summed E-state index contributed by atoms with van der Waals surface area (Å²) in [5.41, 5.74) is 4.50. The molecule has 0 aromatic heterocycles. The van der Waals surface area contributed by atoms with Crippen molar-refractivity contribution in [3.8, 4) is 0 Å². The number of anilines is 2. The van der Waals surface area contributed by atoms with Crippen molar-refractivity contribution >= 4 is 27.1 Å². The topological polar surface area (TPSA) is 89.3 Å². The second-order valence-electron chi connectivity index (χ2n) is 3.81. The van der Waals surface area contributed by atoms with Gasteiger partial charge in [-0.2, -0.15) is 0 Å². The lowest BCUT2D eigenvalue weighted by molar-refractivity contribution is -0.115. The number of nitrogens with two attached hydrogens (primary N) is 1. The van der Waals surface area contributed by atoms with Gasteiger partial charge in [0, 0.05) is 12.3 Å². The van der Waals surface area contributed by atoms with Gasteiger partial charge in [-0.3, -0.25) is 4.79 Å². The van der Waals surface area contributed by atoms with Gasteiger partial charge in [-0.25, -0.2) is 17.2 Å². The lowest BCUT2D eigenvalue weighted by Crippen LogP contribution is -2.32. The van der Waals surface area contributed by atoms with Gasteiger partial charge in [-0.1, -0.05) is 0 Å². The van der Waals surface area contributed by atoms with Crippen molar-refractivity contribution in [1.82, 2.24) is 0 Å². The summed E-state index contributed by atoms with van der Waals surface area (Å²) in [6, 6.07) is 1.40. The van der Waals surface area contributed by atoms with E-state index in [-0.39, 0.29) is 11.4 Å². The Hall–Kier alpha value is -1.70. The number of nitrogens with one attached hydrogen (secondary N) is 1. The number of rotatable bonds is 3. The molecule has 0 aliphatic heterocycles. The minimum absolute atomic E-state index is 0.348. The van der Waals surface area contributed by atoms with E-state index in [1.54, 1.807) is 0 Å². The first-order valence-corrected chi connectivity index (χ1v) is 6.82. The molecule has 0 aliphatic rings. The zero-order chi connectivity index (χ0) is 14.1. The molecular formula is C10H12F2N2O3S. The minimum atomic E-state index is -3.59. The summed E-state index contributed by atoms with van der Waals surface area (Å²) >= 11 is 0. The summed E-state index contributed by atoms with van der Waals surface area (Å²) in [7, 11) is -3.59. The number of carbonyl (C=O) groups is 1. The molecule has 5 nitrogen and oxygen atoms in total. The van der Waals surface area contributed by atoms with Crippen LogP contribution in [0.2, 0.25) is 0 Å². The minimum Gasteiger partial charge on any atom is -0.396 e. The smallest absolute Gasteiger partial charge is 0.242 e. The number of hydrogen-bond donors (Lipinski definition) is 2. The zero-order valence-corrected chi connectivity index (χ0v) is 10.5. The highest BCUT2D eigenvalue weighted by Gasteiger charge is 2.24. The van der Waals surface area contributed by atoms with E-state index in [9.17, 15) is 22.0 Å². The molecular weight excluding hydrogens is 266 g/mol. The van der Waals surface area contributed by atoms with E-state index < -0.39 is 32.6 Å². The highest BCUT2D eigenvalue weighted by Crippen LogP contribution is 2.21. The molecule has 1 rings (SSSR count). The second-order valence-corrected chi connectivity index (χ2v) is 6.18. The average molecular weight is 278 g/mol. The molecule has 0 heterocycles. The summed E-state index contributed by atoms with van der Waals surface area (Å²) in [5.74, 6) is -2.90. The van der Waals surface area contributed by atoms with Crippen molar-refractivity contribution in [3.63, 3.8) is 0 Å². The predicted molar refractivity (Wildman–Crippen MR) is 63.7 cm³/mol. The molecule has 0 radical (unpaired) electrons. The van der Waals surface area contributed by atoms with Gasteiger partial charge in [0.15, 0.2) is 9.84 Å². The van der Waals surface area contributed by atoms with E-state index in [1.807, 2.05) is 5.32 Å². The van der Waals surface area contributed by atoms with Crippen molar-refractivity contribution in [2.24, 2.45) is 0 Å². The standard InChI is InChI=1S/C10H12F2N2O3S/c1-5(18(2,16)17)10(15)14-9-4-8(13)6(11)3-7(9)12/h3-5H,13H2,1-2H3,(H,14,15). The van der Waals surface area contributed by atoms with Gasteiger partial charge in [-0.05, 0) is 13.0 Å². The van der Waals surface area contributed by atoms with Crippen LogP contribution < -0.4 is 11.1 Å². The predicted octanol–water partition coefficient (Wildman–Crippen LogP) is 0.919. The summed E-state index contributed by atoms with van der Waals surface area (Å²) in [4.78, 5) is 11.5. The lowest BCUT2D eigenvalue weighted by Gasteiger charge is -2.11. The molecule has 1 aromatic rings. The molecule has 18 heavy (non-hydrogen) atoms. The Kier molecular flexibility index (Phi) is 3.90. The van der Waals surface area contributed by atoms with E-state index in [0.29, 0.717) is 6.07 Å². The van der Waals surface area contributed by atoms with Crippen LogP contribution in [0.5, 0.6) is 0 Å². The largest absolute Gasteiger partial charge is 0.396 e. The number of sulfone groups is 1. The summed E-state index contributed by atoms with van der Waals surface area (Å²) in [6.07, 6.45) is 0.882. The van der Waals surface area contributed by atoms with Crippen LogP contribution in [0.4, 0.5) is 20.2 Å². The molecule has 8 heteroatoms. The summed E-state index contributed by atoms with van der Waals surface area (Å²) in [6.45, 7) is 1.16. The van der Waals surface area contributed by atoms with Crippen LogP contribution in [-0.4, -0.2) is 25.8 Å². The molecule has 1 unspecified atom stereocenters. The van der Waals surface area contributed by atoms with Gasteiger partial charge in [0.25, 0.3) is 0 Å². The Balaban J connectivity index is 2.99. The molecule has 0 saturated heterocycles. The van der Waals surface area contributed by atoms with E-state index in [0.717, 1.165) is 19.2 Å². The number of hydrogen-bond acceptors (Lipinski definition) is 4. The van der Waals surface area contributed by atoms with Crippen LogP contribution in [-0.2, 0) is 14.6 Å². The maximum absolute atomic E-state index is 13.3. The summed E-state index contributed by atoms with van der Waals surface area (Å²) < 4.78 is 48.4. The SMILES string of the molecule is CC(C(=O)Nc1cc(N)c(F)cc1F)S(C)(=O)=O. The van der Waals surface area contributed by atoms with Crippen LogP contribution in [0.15, 0.2) is 12.1 Å². The highest BCUT2D eigenvalue weighted by molar-refractivity contribution is 7.92. The van der Waals surface area contributed by atoms with Gasteiger partial charge >= 0.3 is 0 Å². The van der Waals surface area contributed by atoms with Crippen molar-refractivity contribution in [3.05, 3.63) is 23.8 Å². The Morgan fingerprint density at radius 3 is 2.39 bits per heavy atom. The Labute approximate surface area is 103 Å². The molecule has 3 N–H and O–H groups in total. The van der Waals surface area contributed by atoms with Gasteiger partial charge in [0.1, 0.15) is 16.9 Å². The third-order valence-electron chi connectivity index (χ3n) is 2.36. The van der Waals surface area contributed by atoms with E-state index in [4.69, 9.17) is 5.73 Å². The van der Waals surface area contributed by atoms with Gasteiger partial charge in [-0.15, -0.1) is 0 Å². The number of halogens is 2. The van der Waals surface area contributed by atoms with Crippen LogP contribution in [0.3, 0.4) is 0 Å². The normalized spacial score (nSPS) is 13.1. The fourth-order valence-corrected chi connectivity index (χ4v) is 1.54. The Morgan fingerprint density at radius 1 is 1.33 bits per heavy atom. The quantitative estimate of drug-likeness (QED) is 0.804. The highest BCUT2D eigenvalue weighted by atomic mass is 32.2. The number of nitrogen functional groups attached to an aromatic ring is 1. The third kappa shape index (κ3) is 3.16. The van der Waals surface area contributed by atoms with Crippen molar-refractivity contribution < 1.29 is 22.0 Å². The molecule has 0 spiro atoms. The average Bonchev–Trinajstić information content (AvgIpc) is 2.23. The lowest BCUT2D eigenvalue weighted by atomic mass is 10.2. The Morgan fingerprint density at radius 2 is 1.89 bits per heavy atom. The molecule has 100 valence electrons. The first-order chi connectivity index (χ1) is 8.12. The monoisotopic (exact) mass is 278 g/mol. The van der Waals surface area contributed by atoms with E-state index in [2.05, 4.69) is 0 Å². The van der Waals surface area contributed by atoms with Crippen LogP contribution in [0.25, 0.3) is 0 Å². The van der Waals surface area contributed by atoms with Gasteiger partial charge in [0.05, 0.1) is 11.4 Å². The number of benzene rings is 1. The van der Waals surface area contributed by atoms with Crippen LogP contribution >= 0.6 is 0 Å². The zero-order valence-electron chi connectivity index (χ0n) is 9.70. The van der Waals surface area contributed by atoms with Crippen LogP contribution in [0, 0.1) is 11.6 Å². The third-order valence-corrected chi connectivity index (χ3v) is 3.85. The fourth-order valence-electron chi connectivity index (χ4n) is 1.09. The Bertz CT molecular complexity index is 587. The molecule has 1 aromatic carbocycles. The molecule has 1 atom stereocenters. The maximum Gasteiger partial charge on any atom is 0.242 e.